The number of hydrogen-bond donors (Lipinski definition) is 0. The Kier molecular flexibility index (Phi) is 6.48. The first kappa shape index (κ1) is 20.9. The Hall–Kier alpha value is -3.37. The fourth-order valence-corrected chi connectivity index (χ4v) is 4.84. The third-order valence-electron chi connectivity index (χ3n) is 5.36. The molecule has 1 aliphatic rings. The summed E-state index contributed by atoms with van der Waals surface area (Å²) in [6.07, 6.45) is 5.23. The zero-order valence-corrected chi connectivity index (χ0v) is 18.1. The van der Waals surface area contributed by atoms with Gasteiger partial charge in [-0.05, 0) is 48.7 Å². The summed E-state index contributed by atoms with van der Waals surface area (Å²) in [4.78, 5) is 19.3. The lowest BCUT2D eigenvalue weighted by Crippen LogP contribution is -2.36. The molecule has 0 unspecified atom stereocenters. The maximum Gasteiger partial charge on any atom is 0.246 e. The molecule has 0 N–H and O–H groups in total. The molecule has 1 amide bonds. The predicted octanol–water partition coefficient (Wildman–Crippen LogP) is 4.63. The van der Waals surface area contributed by atoms with Crippen LogP contribution >= 0.6 is 11.3 Å². The average Bonchev–Trinajstić information content (AvgIpc) is 3.26. The van der Waals surface area contributed by atoms with Crippen LogP contribution in [0.1, 0.15) is 29.3 Å². The summed E-state index contributed by atoms with van der Waals surface area (Å²) in [5.74, 6) is 1.45. The average molecular weight is 434 g/mol. The van der Waals surface area contributed by atoms with Crippen molar-refractivity contribution in [3.05, 3.63) is 59.1 Å². The first-order valence-electron chi connectivity index (χ1n) is 10.2. The number of para-hydroxylation sites is 1. The number of rotatable bonds is 6. The van der Waals surface area contributed by atoms with Crippen molar-refractivity contribution in [3.63, 3.8) is 0 Å². The van der Waals surface area contributed by atoms with Crippen LogP contribution in [0.25, 0.3) is 16.3 Å². The zero-order valence-electron chi connectivity index (χ0n) is 17.3. The highest BCUT2D eigenvalue weighted by Crippen LogP contribution is 2.34. The Morgan fingerprint density at radius 2 is 2.06 bits per heavy atom. The van der Waals surface area contributed by atoms with Gasteiger partial charge < -0.3 is 14.4 Å². The molecular weight excluding hydrogens is 410 g/mol. The van der Waals surface area contributed by atoms with E-state index in [1.165, 1.54) is 9.71 Å². The second-order valence-corrected chi connectivity index (χ2v) is 8.37. The van der Waals surface area contributed by atoms with E-state index >= 15 is 0 Å². The molecule has 1 fully saturated rings. The zero-order chi connectivity index (χ0) is 21.6. The molecule has 31 heavy (non-hydrogen) atoms. The number of nitriles is 1. The van der Waals surface area contributed by atoms with E-state index in [0.717, 1.165) is 37.0 Å². The lowest BCUT2D eigenvalue weighted by atomic mass is 9.97. The third kappa shape index (κ3) is 4.86. The van der Waals surface area contributed by atoms with Gasteiger partial charge in [0.1, 0.15) is 6.07 Å². The third-order valence-corrected chi connectivity index (χ3v) is 6.56. The highest BCUT2D eigenvalue weighted by atomic mass is 32.1. The number of amides is 1. The molecule has 158 valence electrons. The van der Waals surface area contributed by atoms with E-state index in [4.69, 9.17) is 19.7 Å². The molecule has 0 saturated carbocycles. The van der Waals surface area contributed by atoms with Crippen LogP contribution < -0.4 is 9.47 Å². The topological polar surface area (TPSA) is 75.4 Å². The van der Waals surface area contributed by atoms with Crippen LogP contribution in [-0.2, 0) is 4.79 Å². The van der Waals surface area contributed by atoms with E-state index in [0.29, 0.717) is 17.4 Å². The minimum atomic E-state index is -0.0446. The minimum absolute atomic E-state index is 0.00604. The number of fused-ring (bicyclic) bond motifs is 1. The van der Waals surface area contributed by atoms with Crippen molar-refractivity contribution >= 4 is 33.5 Å². The van der Waals surface area contributed by atoms with Gasteiger partial charge in [-0.25, -0.2) is 4.98 Å². The first-order chi connectivity index (χ1) is 15.2. The molecule has 1 aromatic heterocycles. The van der Waals surface area contributed by atoms with Gasteiger partial charge in [-0.15, -0.1) is 11.3 Å². The number of likely N-dealkylation sites (tertiary alicyclic amines) is 1. The van der Waals surface area contributed by atoms with Crippen molar-refractivity contribution in [1.82, 2.24) is 9.88 Å². The molecule has 4 rings (SSSR count). The number of ether oxygens (including phenoxy) is 2. The van der Waals surface area contributed by atoms with Gasteiger partial charge in [0.25, 0.3) is 0 Å². The fourth-order valence-electron chi connectivity index (χ4n) is 3.70. The van der Waals surface area contributed by atoms with Crippen LogP contribution in [0.4, 0.5) is 0 Å². The van der Waals surface area contributed by atoms with Crippen molar-refractivity contribution in [3.8, 4) is 17.6 Å². The summed E-state index contributed by atoms with van der Waals surface area (Å²) in [6, 6.07) is 15.5. The van der Waals surface area contributed by atoms with Crippen molar-refractivity contribution in [1.29, 1.82) is 5.26 Å². The van der Waals surface area contributed by atoms with Crippen LogP contribution in [-0.4, -0.2) is 42.6 Å². The molecule has 3 aromatic rings. The summed E-state index contributed by atoms with van der Waals surface area (Å²) in [5, 5.41) is 9.83. The summed E-state index contributed by atoms with van der Waals surface area (Å²) in [7, 11) is 1.54. The van der Waals surface area contributed by atoms with Gasteiger partial charge in [-0.3, -0.25) is 4.79 Å². The number of benzene rings is 2. The van der Waals surface area contributed by atoms with Gasteiger partial charge in [0.05, 0.1) is 22.3 Å². The van der Waals surface area contributed by atoms with Crippen molar-refractivity contribution < 1.29 is 14.3 Å². The number of carbonyl (C=O) groups is 1. The van der Waals surface area contributed by atoms with Crippen molar-refractivity contribution in [2.24, 2.45) is 0 Å². The second-order valence-electron chi connectivity index (χ2n) is 7.31. The van der Waals surface area contributed by atoms with Crippen molar-refractivity contribution in [2.75, 3.05) is 26.8 Å². The van der Waals surface area contributed by atoms with Gasteiger partial charge in [0.2, 0.25) is 5.91 Å². The Morgan fingerprint density at radius 3 is 2.81 bits per heavy atom. The van der Waals surface area contributed by atoms with E-state index in [1.54, 1.807) is 42.7 Å². The number of aromatic nitrogens is 1. The minimum Gasteiger partial charge on any atom is -0.493 e. The molecule has 6 nitrogen and oxygen atoms in total. The van der Waals surface area contributed by atoms with E-state index in [2.05, 4.69) is 12.1 Å². The maximum atomic E-state index is 12.7. The van der Waals surface area contributed by atoms with Crippen LogP contribution in [0.2, 0.25) is 0 Å². The molecule has 0 atom stereocenters. The van der Waals surface area contributed by atoms with E-state index in [-0.39, 0.29) is 12.5 Å². The number of methoxy groups -OCH3 is 1. The molecule has 1 aliphatic heterocycles. The van der Waals surface area contributed by atoms with E-state index < -0.39 is 0 Å². The summed E-state index contributed by atoms with van der Waals surface area (Å²) in [5.41, 5.74) is 1.89. The summed E-state index contributed by atoms with van der Waals surface area (Å²) >= 11 is 1.76. The van der Waals surface area contributed by atoms with Gasteiger partial charge in [0.15, 0.2) is 18.1 Å². The molecule has 2 heterocycles. The molecular formula is C24H23N3O3S. The number of nitrogens with zero attached hydrogens (tertiary/aromatic N) is 3. The molecule has 0 bridgehead atoms. The normalized spacial score (nSPS) is 14.6. The van der Waals surface area contributed by atoms with Gasteiger partial charge in [-0.2, -0.15) is 5.26 Å². The number of piperidine rings is 1. The standard InChI is InChI=1S/C24H23N3O3S/c1-29-21-16-17(6-8-20(21)30-15-12-25)7-9-23(28)27-13-10-18(11-14-27)24-26-19-4-2-3-5-22(19)31-24/h2-9,16,18H,10-11,13-15H2,1H3/b9-7+. The Balaban J connectivity index is 1.35. The Bertz CT molecular complexity index is 1110. The SMILES string of the molecule is COc1cc(/C=C/C(=O)N2CCC(c3nc4ccccc4s3)CC2)ccc1OCC#N. The number of thiazole rings is 1. The van der Waals surface area contributed by atoms with Crippen molar-refractivity contribution in [2.45, 2.75) is 18.8 Å². The maximum absolute atomic E-state index is 12.7. The van der Waals surface area contributed by atoms with E-state index in [9.17, 15) is 4.79 Å². The largest absolute Gasteiger partial charge is 0.493 e. The van der Waals surface area contributed by atoms with Crippen LogP contribution in [0.3, 0.4) is 0 Å². The molecule has 1 saturated heterocycles. The van der Waals surface area contributed by atoms with Gasteiger partial charge in [-0.1, -0.05) is 18.2 Å². The second kappa shape index (κ2) is 9.63. The van der Waals surface area contributed by atoms with Gasteiger partial charge in [0, 0.05) is 25.1 Å². The summed E-state index contributed by atoms with van der Waals surface area (Å²) in [6.45, 7) is 1.42. The van der Waals surface area contributed by atoms with Crippen LogP contribution in [0.15, 0.2) is 48.5 Å². The van der Waals surface area contributed by atoms with Gasteiger partial charge >= 0.3 is 0 Å². The number of hydrogen-bond acceptors (Lipinski definition) is 6. The van der Waals surface area contributed by atoms with Crippen LogP contribution in [0, 0.1) is 11.3 Å². The fraction of sp³-hybridized carbons (Fsp3) is 0.292. The highest BCUT2D eigenvalue weighted by Gasteiger charge is 2.25. The summed E-state index contributed by atoms with van der Waals surface area (Å²) < 4.78 is 11.9. The predicted molar refractivity (Wildman–Crippen MR) is 121 cm³/mol. The lowest BCUT2D eigenvalue weighted by molar-refractivity contribution is -0.126. The molecule has 0 spiro atoms. The molecule has 0 aliphatic carbocycles. The molecule has 2 aromatic carbocycles. The smallest absolute Gasteiger partial charge is 0.246 e. The van der Waals surface area contributed by atoms with Crippen LogP contribution in [0.5, 0.6) is 11.5 Å². The van der Waals surface area contributed by atoms with E-state index in [1.807, 2.05) is 29.2 Å². The quantitative estimate of drug-likeness (QED) is 0.530. The Labute approximate surface area is 185 Å². The lowest BCUT2D eigenvalue weighted by Gasteiger charge is -2.30. The Morgan fingerprint density at radius 1 is 1.26 bits per heavy atom. The highest BCUT2D eigenvalue weighted by molar-refractivity contribution is 7.18. The monoisotopic (exact) mass is 433 g/mol. The molecule has 7 heteroatoms. The molecule has 0 radical (unpaired) electrons. The number of carbonyl (C=O) groups excluding carboxylic acids is 1. The first-order valence-corrected chi connectivity index (χ1v) is 11.0.